The Morgan fingerprint density at radius 2 is 2.43 bits per heavy atom. The van der Waals surface area contributed by atoms with Gasteiger partial charge in [-0.05, 0) is 6.07 Å². The summed E-state index contributed by atoms with van der Waals surface area (Å²) in [6.07, 6.45) is 0. The van der Waals surface area contributed by atoms with Crippen LogP contribution >= 0.6 is 15.9 Å². The van der Waals surface area contributed by atoms with E-state index in [1.165, 1.54) is 13.2 Å². The largest absolute Gasteiger partial charge is 0.465 e. The van der Waals surface area contributed by atoms with Gasteiger partial charge in [0.25, 0.3) is 5.82 Å². The van der Waals surface area contributed by atoms with E-state index in [2.05, 4.69) is 30.5 Å². The van der Waals surface area contributed by atoms with Crippen molar-refractivity contribution in [1.29, 1.82) is 0 Å². The van der Waals surface area contributed by atoms with Crippen molar-refractivity contribution in [3.05, 3.63) is 34.8 Å². The molecular weight excluding hydrogens is 248 g/mol. The lowest BCUT2D eigenvalue weighted by molar-refractivity contribution is 0.0599. The molecule has 5 heteroatoms. The molecule has 1 aromatic rings. The highest BCUT2D eigenvalue weighted by Crippen LogP contribution is 2.16. The Bertz CT molecular complexity index is 398. The van der Waals surface area contributed by atoms with Crippen LogP contribution in [0.15, 0.2) is 12.1 Å². The van der Waals surface area contributed by atoms with Crippen molar-refractivity contribution in [3.8, 4) is 0 Å². The molecule has 0 atom stereocenters. The normalized spacial score (nSPS) is 9.21. The first-order valence-corrected chi connectivity index (χ1v) is 4.86. The highest BCUT2D eigenvalue weighted by molar-refractivity contribution is 9.08. The number of alkyl halides is 1. The van der Waals surface area contributed by atoms with Gasteiger partial charge in [0.1, 0.15) is 5.56 Å². The van der Waals surface area contributed by atoms with Crippen LogP contribution in [0, 0.1) is 6.57 Å². The van der Waals surface area contributed by atoms with Gasteiger partial charge in [0.15, 0.2) is 5.69 Å². The van der Waals surface area contributed by atoms with Crippen LogP contribution in [0.2, 0.25) is 0 Å². The maximum Gasteiger partial charge on any atom is 0.341 e. The summed E-state index contributed by atoms with van der Waals surface area (Å²) in [4.78, 5) is 18.4. The van der Waals surface area contributed by atoms with Crippen molar-refractivity contribution < 1.29 is 9.53 Å². The number of nitrogens with zero attached hydrogens (tertiary/aromatic N) is 2. The molecule has 1 rings (SSSR count). The fraction of sp³-hybridized carbons (Fsp3) is 0.222. The van der Waals surface area contributed by atoms with Crippen LogP contribution in [0.5, 0.6) is 0 Å². The minimum Gasteiger partial charge on any atom is -0.465 e. The van der Waals surface area contributed by atoms with Crippen LogP contribution in [0.3, 0.4) is 0 Å². The molecule has 1 heterocycles. The Morgan fingerprint density at radius 3 is 2.93 bits per heavy atom. The molecule has 0 unspecified atom stereocenters. The molecule has 0 N–H and O–H groups in total. The lowest BCUT2D eigenvalue weighted by Crippen LogP contribution is -2.06. The van der Waals surface area contributed by atoms with E-state index < -0.39 is 5.97 Å². The molecule has 0 amide bonds. The van der Waals surface area contributed by atoms with E-state index in [1.807, 2.05) is 0 Å². The number of methoxy groups -OCH3 is 1. The second kappa shape index (κ2) is 4.72. The molecule has 0 saturated carbocycles. The topological polar surface area (TPSA) is 43.5 Å². The number of rotatable bonds is 2. The molecule has 14 heavy (non-hydrogen) atoms. The van der Waals surface area contributed by atoms with Crippen LogP contribution in [0.1, 0.15) is 16.1 Å². The minimum atomic E-state index is -0.441. The minimum absolute atomic E-state index is 0.270. The van der Waals surface area contributed by atoms with Crippen molar-refractivity contribution in [2.45, 2.75) is 5.33 Å². The number of hydrogen-bond acceptors (Lipinski definition) is 3. The predicted octanol–water partition coefficient (Wildman–Crippen LogP) is 2.31. The third-order valence-electron chi connectivity index (χ3n) is 1.61. The maximum atomic E-state index is 11.2. The number of halogens is 1. The molecule has 0 radical (unpaired) electrons. The van der Waals surface area contributed by atoms with Crippen molar-refractivity contribution in [2.24, 2.45) is 0 Å². The molecule has 0 aromatic carbocycles. The SMILES string of the molecule is [C-]#[N+]c1ccc(C(=O)OC)c(CBr)n1. The van der Waals surface area contributed by atoms with E-state index in [9.17, 15) is 4.79 Å². The summed E-state index contributed by atoms with van der Waals surface area (Å²) in [6, 6.07) is 3.04. The summed E-state index contributed by atoms with van der Waals surface area (Å²) in [5.74, 6) is -0.171. The highest BCUT2D eigenvalue weighted by Gasteiger charge is 2.15. The molecule has 72 valence electrons. The molecule has 0 saturated heterocycles. The van der Waals surface area contributed by atoms with Crippen molar-refractivity contribution in [1.82, 2.24) is 4.98 Å². The van der Waals surface area contributed by atoms with Gasteiger partial charge in [0, 0.05) is 0 Å². The lowest BCUT2D eigenvalue weighted by Gasteiger charge is -2.01. The Balaban J connectivity index is 3.19. The zero-order valence-corrected chi connectivity index (χ0v) is 9.04. The quantitative estimate of drug-likeness (QED) is 0.462. The summed E-state index contributed by atoms with van der Waals surface area (Å²) >= 11 is 3.20. The van der Waals surface area contributed by atoms with Crippen molar-refractivity contribution in [3.63, 3.8) is 0 Å². The molecule has 0 bridgehead atoms. The summed E-state index contributed by atoms with van der Waals surface area (Å²) in [5, 5.41) is 0.417. The average Bonchev–Trinajstić information content (AvgIpc) is 2.27. The third kappa shape index (κ3) is 2.09. The van der Waals surface area contributed by atoms with Gasteiger partial charge in [-0.15, -0.1) is 4.98 Å². The Morgan fingerprint density at radius 1 is 1.71 bits per heavy atom. The molecule has 0 aliphatic carbocycles. The van der Waals surface area contributed by atoms with Gasteiger partial charge in [-0.2, -0.15) is 0 Å². The van der Waals surface area contributed by atoms with Gasteiger partial charge in [-0.1, -0.05) is 28.6 Å². The Hall–Kier alpha value is -1.41. The van der Waals surface area contributed by atoms with Gasteiger partial charge in [0.2, 0.25) is 0 Å². The van der Waals surface area contributed by atoms with Crippen LogP contribution < -0.4 is 0 Å². The first kappa shape index (κ1) is 10.7. The van der Waals surface area contributed by atoms with Crippen LogP contribution in [0.4, 0.5) is 5.82 Å². The molecule has 0 aliphatic heterocycles. The van der Waals surface area contributed by atoms with Crippen LogP contribution in [0.25, 0.3) is 4.85 Å². The van der Waals surface area contributed by atoms with E-state index in [0.29, 0.717) is 16.6 Å². The maximum absolute atomic E-state index is 11.2. The number of ether oxygens (including phenoxy) is 1. The molecule has 0 spiro atoms. The van der Waals surface area contributed by atoms with E-state index in [0.717, 1.165) is 0 Å². The molecular formula is C9H7BrN2O2. The smallest absolute Gasteiger partial charge is 0.341 e. The summed E-state index contributed by atoms with van der Waals surface area (Å²) in [5.41, 5.74) is 0.905. The van der Waals surface area contributed by atoms with E-state index in [-0.39, 0.29) is 5.82 Å². The first-order valence-electron chi connectivity index (χ1n) is 3.74. The van der Waals surface area contributed by atoms with E-state index >= 15 is 0 Å². The molecule has 0 fully saturated rings. The standard InChI is InChI=1S/C9H7BrN2O2/c1-11-8-4-3-6(9(13)14-2)7(5-10)12-8/h3-4H,5H2,2H3. The number of carbonyl (C=O) groups excluding carboxylic acids is 1. The van der Waals surface area contributed by atoms with Gasteiger partial charge in [-0.25, -0.2) is 4.79 Å². The predicted molar refractivity (Wildman–Crippen MR) is 54.5 cm³/mol. The number of pyridine rings is 1. The monoisotopic (exact) mass is 254 g/mol. The van der Waals surface area contributed by atoms with E-state index in [1.54, 1.807) is 6.07 Å². The van der Waals surface area contributed by atoms with Crippen LogP contribution in [-0.2, 0) is 10.1 Å². The van der Waals surface area contributed by atoms with Crippen molar-refractivity contribution in [2.75, 3.05) is 7.11 Å². The summed E-state index contributed by atoms with van der Waals surface area (Å²) in [7, 11) is 1.31. The summed E-state index contributed by atoms with van der Waals surface area (Å²) < 4.78 is 4.58. The summed E-state index contributed by atoms with van der Waals surface area (Å²) in [6.45, 7) is 6.77. The zero-order chi connectivity index (χ0) is 10.6. The lowest BCUT2D eigenvalue weighted by atomic mass is 10.2. The van der Waals surface area contributed by atoms with Gasteiger partial charge >= 0.3 is 5.97 Å². The molecule has 1 aromatic heterocycles. The third-order valence-corrected chi connectivity index (χ3v) is 2.14. The van der Waals surface area contributed by atoms with Crippen LogP contribution in [-0.4, -0.2) is 18.1 Å². The number of esters is 1. The molecule has 4 nitrogen and oxygen atoms in total. The second-order valence-electron chi connectivity index (χ2n) is 2.40. The number of carbonyl (C=O) groups is 1. The first-order chi connectivity index (χ1) is 6.72. The highest BCUT2D eigenvalue weighted by atomic mass is 79.9. The molecule has 0 aliphatic rings. The number of aromatic nitrogens is 1. The average molecular weight is 255 g/mol. The second-order valence-corrected chi connectivity index (χ2v) is 2.96. The van der Waals surface area contributed by atoms with Gasteiger partial charge in [0.05, 0.1) is 12.4 Å². The van der Waals surface area contributed by atoms with Crippen molar-refractivity contribution >= 4 is 27.7 Å². The fourth-order valence-corrected chi connectivity index (χ4v) is 1.38. The fourth-order valence-electron chi connectivity index (χ4n) is 0.950. The zero-order valence-electron chi connectivity index (χ0n) is 7.45. The number of hydrogen-bond donors (Lipinski definition) is 0. The Labute approximate surface area is 89.9 Å². The van der Waals surface area contributed by atoms with Gasteiger partial charge < -0.3 is 9.58 Å². The Kier molecular flexibility index (Phi) is 3.60. The van der Waals surface area contributed by atoms with E-state index in [4.69, 9.17) is 6.57 Å². The van der Waals surface area contributed by atoms with Gasteiger partial charge in [-0.3, -0.25) is 0 Å².